The highest BCUT2D eigenvalue weighted by Gasteiger charge is 2.41. The van der Waals surface area contributed by atoms with Crippen LogP contribution in [-0.2, 0) is 14.4 Å². The van der Waals surface area contributed by atoms with Gasteiger partial charge in [-0.1, -0.05) is 35.5 Å². The molecule has 214 valence electrons. The van der Waals surface area contributed by atoms with Crippen molar-refractivity contribution in [3.05, 3.63) is 71.1 Å². The molecular weight excluding hydrogens is 547 g/mol. The Morgan fingerprint density at radius 1 is 1.17 bits per heavy atom. The van der Waals surface area contributed by atoms with Crippen molar-refractivity contribution in [3.8, 4) is 11.5 Å². The van der Waals surface area contributed by atoms with E-state index in [9.17, 15) is 27.6 Å². The molecule has 2 aliphatic heterocycles. The van der Waals surface area contributed by atoms with Gasteiger partial charge in [-0.15, -0.1) is 0 Å². The number of halogens is 3. The molecule has 0 saturated carbocycles. The second-order valence-corrected chi connectivity index (χ2v) is 9.49. The summed E-state index contributed by atoms with van der Waals surface area (Å²) in [6.45, 7) is 1.46. The number of aromatic nitrogens is 1. The number of rotatable bonds is 8. The van der Waals surface area contributed by atoms with Crippen LogP contribution >= 0.6 is 0 Å². The quantitative estimate of drug-likeness (QED) is 0.375. The van der Waals surface area contributed by atoms with E-state index in [1.165, 1.54) is 6.92 Å². The van der Waals surface area contributed by atoms with E-state index in [4.69, 9.17) is 19.7 Å². The molecular formula is C27H24F3N5O6. The molecule has 2 aromatic carbocycles. The number of anilines is 1. The third kappa shape index (κ3) is 5.85. The number of nitrogens with zero attached hydrogens (tertiary/aromatic N) is 2. The molecule has 0 unspecified atom stereocenters. The number of amides is 3. The number of hydrogen-bond donors (Lipinski definition) is 3. The van der Waals surface area contributed by atoms with Crippen molar-refractivity contribution in [2.75, 3.05) is 12.1 Å². The Morgan fingerprint density at radius 3 is 2.51 bits per heavy atom. The van der Waals surface area contributed by atoms with E-state index < -0.39 is 54.7 Å². The Bertz CT molecular complexity index is 1520. The lowest BCUT2D eigenvalue weighted by Gasteiger charge is -2.25. The Morgan fingerprint density at radius 2 is 1.88 bits per heavy atom. The minimum Gasteiger partial charge on any atom is -0.454 e. The van der Waals surface area contributed by atoms with Crippen molar-refractivity contribution < 1.29 is 41.6 Å². The predicted molar refractivity (Wildman–Crippen MR) is 137 cm³/mol. The fraction of sp³-hybridized carbons (Fsp3) is 0.296. The molecule has 0 saturated heterocycles. The third-order valence-corrected chi connectivity index (χ3v) is 6.77. The van der Waals surface area contributed by atoms with Crippen molar-refractivity contribution in [1.29, 1.82) is 0 Å². The van der Waals surface area contributed by atoms with Crippen molar-refractivity contribution in [3.63, 3.8) is 0 Å². The van der Waals surface area contributed by atoms with Gasteiger partial charge in [0.2, 0.25) is 24.8 Å². The van der Waals surface area contributed by atoms with Crippen LogP contribution in [0.4, 0.5) is 18.9 Å². The molecule has 0 bridgehead atoms. The number of nitrogens with one attached hydrogen (secondary N) is 2. The average Bonchev–Trinajstić information content (AvgIpc) is 3.53. The number of aliphatic imine (C=N–C) groups is 1. The number of carbonyl (C=O) groups is 3. The molecule has 11 nitrogen and oxygen atoms in total. The smallest absolute Gasteiger partial charge is 0.389 e. The van der Waals surface area contributed by atoms with E-state index in [0.717, 1.165) is 6.26 Å². The molecule has 0 radical (unpaired) electrons. The van der Waals surface area contributed by atoms with Crippen molar-refractivity contribution in [1.82, 2.24) is 10.5 Å². The molecule has 3 atom stereocenters. The minimum absolute atomic E-state index is 0.00529. The van der Waals surface area contributed by atoms with Gasteiger partial charge in [0, 0.05) is 29.2 Å². The standard InChI is InChI=1S/C27H24F3N5O6/c1-13-17(11-41-35-13)21(23(31)36)15(7-8-27(28,29)30)25(37)34-24-26(38)32-18-10-20-19(39-12-40-20)9-16(18)22(33-24)14-5-3-2-4-6-14/h2-6,9-11,15,21,24H,7-8,12H2,1H3,(H2,31,36)(H,32,38)(H,34,37)/t15-,21-,24-/m1/s1. The summed E-state index contributed by atoms with van der Waals surface area (Å²) in [5, 5.41) is 8.78. The van der Waals surface area contributed by atoms with Gasteiger partial charge >= 0.3 is 6.18 Å². The van der Waals surface area contributed by atoms with E-state index in [-0.39, 0.29) is 18.1 Å². The number of fused-ring (bicyclic) bond motifs is 2. The number of nitrogens with two attached hydrogens (primary N) is 1. The third-order valence-electron chi connectivity index (χ3n) is 6.77. The zero-order chi connectivity index (χ0) is 29.3. The highest BCUT2D eigenvalue weighted by Crippen LogP contribution is 2.39. The first-order valence-corrected chi connectivity index (χ1v) is 12.5. The highest BCUT2D eigenvalue weighted by atomic mass is 19.4. The average molecular weight is 572 g/mol. The van der Waals surface area contributed by atoms with Gasteiger partial charge in [-0.05, 0) is 19.4 Å². The summed E-state index contributed by atoms with van der Waals surface area (Å²) in [7, 11) is 0. The maximum absolute atomic E-state index is 13.6. The van der Waals surface area contributed by atoms with Gasteiger partial charge < -0.3 is 30.4 Å². The van der Waals surface area contributed by atoms with Crippen LogP contribution in [0.25, 0.3) is 0 Å². The van der Waals surface area contributed by atoms with Crippen LogP contribution in [-0.4, -0.2) is 47.7 Å². The van der Waals surface area contributed by atoms with Crippen LogP contribution in [0.15, 0.2) is 58.2 Å². The van der Waals surface area contributed by atoms with E-state index in [0.29, 0.717) is 34.0 Å². The number of aryl methyl sites for hydroxylation is 1. The second kappa shape index (κ2) is 10.9. The maximum atomic E-state index is 13.6. The first-order chi connectivity index (χ1) is 19.5. The van der Waals surface area contributed by atoms with Crippen LogP contribution in [0.2, 0.25) is 0 Å². The lowest BCUT2D eigenvalue weighted by molar-refractivity contribution is -0.144. The van der Waals surface area contributed by atoms with E-state index >= 15 is 0 Å². The van der Waals surface area contributed by atoms with Crippen molar-refractivity contribution in [2.24, 2.45) is 16.6 Å². The lowest BCUT2D eigenvalue weighted by atomic mass is 9.82. The Balaban J connectivity index is 1.53. The molecule has 0 aliphatic carbocycles. The van der Waals surface area contributed by atoms with E-state index in [1.54, 1.807) is 42.5 Å². The molecule has 3 amide bonds. The normalized spacial score (nSPS) is 17.5. The molecule has 14 heteroatoms. The summed E-state index contributed by atoms with van der Waals surface area (Å²) in [5.74, 6) is -5.18. The first kappa shape index (κ1) is 27.7. The van der Waals surface area contributed by atoms with Crippen LogP contribution in [0.1, 0.15) is 41.1 Å². The number of carbonyl (C=O) groups excluding carboxylic acids is 3. The number of alkyl halides is 3. The van der Waals surface area contributed by atoms with E-state index in [2.05, 4.69) is 20.8 Å². The molecule has 41 heavy (non-hydrogen) atoms. The topological polar surface area (TPSA) is 158 Å². The SMILES string of the molecule is Cc1nocc1[C@H](C(N)=O)[C@@H](CCC(F)(F)F)C(=O)N[C@H]1N=C(c2ccccc2)c2cc3c(cc2NC1=O)OCO3. The zero-order valence-electron chi connectivity index (χ0n) is 21.5. The Labute approximate surface area is 230 Å². The lowest BCUT2D eigenvalue weighted by Crippen LogP contribution is -2.47. The van der Waals surface area contributed by atoms with Crippen LogP contribution in [0.5, 0.6) is 11.5 Å². The van der Waals surface area contributed by atoms with Gasteiger partial charge in [0.25, 0.3) is 5.91 Å². The molecule has 3 heterocycles. The van der Waals surface area contributed by atoms with Gasteiger partial charge in [0.05, 0.1) is 28.9 Å². The summed E-state index contributed by atoms with van der Waals surface area (Å²) in [5.41, 5.74) is 7.50. The maximum Gasteiger partial charge on any atom is 0.389 e. The molecule has 0 fully saturated rings. The van der Waals surface area contributed by atoms with Gasteiger partial charge in [-0.3, -0.25) is 14.4 Å². The van der Waals surface area contributed by atoms with Crippen molar-refractivity contribution >= 4 is 29.1 Å². The summed E-state index contributed by atoms with van der Waals surface area (Å²) in [4.78, 5) is 43.9. The number of ether oxygens (including phenoxy) is 2. The van der Waals surface area contributed by atoms with Gasteiger partial charge in [-0.2, -0.15) is 13.2 Å². The van der Waals surface area contributed by atoms with Crippen LogP contribution in [0, 0.1) is 12.8 Å². The highest BCUT2D eigenvalue weighted by molar-refractivity contribution is 6.20. The van der Waals surface area contributed by atoms with Crippen molar-refractivity contribution in [2.45, 2.75) is 38.0 Å². The number of primary amides is 1. The molecule has 2 aliphatic rings. The Hall–Kier alpha value is -4.88. The second-order valence-electron chi connectivity index (χ2n) is 9.49. The molecule has 3 aromatic rings. The summed E-state index contributed by atoms with van der Waals surface area (Å²) < 4.78 is 55.5. The largest absolute Gasteiger partial charge is 0.454 e. The fourth-order valence-corrected chi connectivity index (χ4v) is 4.80. The monoisotopic (exact) mass is 571 g/mol. The fourth-order valence-electron chi connectivity index (χ4n) is 4.80. The number of hydrogen-bond acceptors (Lipinski definition) is 8. The molecule has 0 spiro atoms. The van der Waals surface area contributed by atoms with Gasteiger partial charge in [0.15, 0.2) is 11.5 Å². The predicted octanol–water partition coefficient (Wildman–Crippen LogP) is 3.17. The summed E-state index contributed by atoms with van der Waals surface area (Å²) >= 11 is 0. The van der Waals surface area contributed by atoms with Gasteiger partial charge in [0.1, 0.15) is 6.26 Å². The number of benzene rings is 2. The minimum atomic E-state index is -4.63. The van der Waals surface area contributed by atoms with Crippen LogP contribution < -0.4 is 25.8 Å². The molecule has 4 N–H and O–H groups in total. The van der Waals surface area contributed by atoms with Crippen LogP contribution in [0.3, 0.4) is 0 Å². The van der Waals surface area contributed by atoms with E-state index in [1.807, 2.05) is 0 Å². The van der Waals surface area contributed by atoms with Gasteiger partial charge in [-0.25, -0.2) is 4.99 Å². The first-order valence-electron chi connectivity index (χ1n) is 12.5. The zero-order valence-corrected chi connectivity index (χ0v) is 21.5. The summed E-state index contributed by atoms with van der Waals surface area (Å²) in [6.07, 6.45) is -7.32. The Kier molecular flexibility index (Phi) is 7.39. The molecule has 1 aromatic heterocycles. The molecule has 5 rings (SSSR count). The summed E-state index contributed by atoms with van der Waals surface area (Å²) in [6, 6.07) is 12.0.